The standard InChI is InChI=1S/C17H23F2N3O5S/c1-11(2)9-20-16(23)17(24)21-10-15-22(6-3-7-27-15)28(25,26)14-8-12(18)4-5-13(14)19/h4-5,8,11,15H,3,6-7,9-10H2,1-2H3,(H,20,23)(H,21,24)/t15-/m1/s1. The highest BCUT2D eigenvalue weighted by atomic mass is 32.2. The molecule has 0 radical (unpaired) electrons. The maximum Gasteiger partial charge on any atom is 0.309 e. The molecule has 0 aromatic heterocycles. The third-order valence-electron chi connectivity index (χ3n) is 3.95. The summed E-state index contributed by atoms with van der Waals surface area (Å²) in [6, 6.07) is 2.13. The van der Waals surface area contributed by atoms with E-state index in [-0.39, 0.29) is 25.6 Å². The molecule has 0 aliphatic carbocycles. The highest BCUT2D eigenvalue weighted by Crippen LogP contribution is 2.24. The van der Waals surface area contributed by atoms with E-state index in [1.807, 2.05) is 13.8 Å². The zero-order valence-corrected chi connectivity index (χ0v) is 16.4. The fourth-order valence-electron chi connectivity index (χ4n) is 2.54. The molecule has 28 heavy (non-hydrogen) atoms. The van der Waals surface area contributed by atoms with Crippen molar-refractivity contribution >= 4 is 21.8 Å². The number of nitrogens with one attached hydrogen (secondary N) is 2. The van der Waals surface area contributed by atoms with Gasteiger partial charge in [-0.1, -0.05) is 13.8 Å². The third-order valence-corrected chi connectivity index (χ3v) is 5.85. The van der Waals surface area contributed by atoms with Crippen LogP contribution < -0.4 is 10.6 Å². The van der Waals surface area contributed by atoms with E-state index in [1.165, 1.54) is 0 Å². The van der Waals surface area contributed by atoms with Gasteiger partial charge in [0.2, 0.25) is 10.0 Å². The summed E-state index contributed by atoms with van der Waals surface area (Å²) < 4.78 is 59.2. The van der Waals surface area contributed by atoms with Gasteiger partial charge in [0.05, 0.1) is 13.2 Å². The van der Waals surface area contributed by atoms with E-state index in [0.29, 0.717) is 19.0 Å². The van der Waals surface area contributed by atoms with Crippen molar-refractivity contribution in [1.82, 2.24) is 14.9 Å². The van der Waals surface area contributed by atoms with Crippen molar-refractivity contribution in [2.24, 2.45) is 5.92 Å². The van der Waals surface area contributed by atoms with E-state index in [2.05, 4.69) is 10.6 Å². The SMILES string of the molecule is CC(C)CNC(=O)C(=O)NC[C@H]1OCCCN1S(=O)(=O)c1cc(F)ccc1F. The highest BCUT2D eigenvalue weighted by molar-refractivity contribution is 7.89. The number of benzene rings is 1. The second kappa shape index (κ2) is 9.39. The van der Waals surface area contributed by atoms with E-state index in [4.69, 9.17) is 4.74 Å². The molecular formula is C17H23F2N3O5S. The Morgan fingerprint density at radius 2 is 1.93 bits per heavy atom. The van der Waals surface area contributed by atoms with Gasteiger partial charge in [-0.3, -0.25) is 9.59 Å². The fourth-order valence-corrected chi connectivity index (χ4v) is 4.18. The summed E-state index contributed by atoms with van der Waals surface area (Å²) in [5.74, 6) is -3.63. The minimum Gasteiger partial charge on any atom is -0.360 e. The van der Waals surface area contributed by atoms with Gasteiger partial charge in [-0.25, -0.2) is 17.2 Å². The quantitative estimate of drug-likeness (QED) is 0.657. The molecule has 0 saturated carbocycles. The van der Waals surface area contributed by atoms with Gasteiger partial charge in [0.15, 0.2) is 0 Å². The Kier molecular flexibility index (Phi) is 7.44. The molecule has 1 aromatic carbocycles. The van der Waals surface area contributed by atoms with Crippen molar-refractivity contribution in [2.75, 3.05) is 26.2 Å². The smallest absolute Gasteiger partial charge is 0.309 e. The van der Waals surface area contributed by atoms with Crippen LogP contribution in [-0.2, 0) is 24.3 Å². The minimum absolute atomic E-state index is 0.00162. The molecule has 0 bridgehead atoms. The Morgan fingerprint density at radius 1 is 1.25 bits per heavy atom. The van der Waals surface area contributed by atoms with E-state index in [9.17, 15) is 26.8 Å². The van der Waals surface area contributed by atoms with Crippen LogP contribution in [-0.4, -0.2) is 57.0 Å². The number of carbonyl (C=O) groups excluding carboxylic acids is 2. The molecule has 0 spiro atoms. The lowest BCUT2D eigenvalue weighted by Crippen LogP contribution is -2.53. The van der Waals surface area contributed by atoms with Crippen LogP contribution in [0.1, 0.15) is 20.3 Å². The molecule has 0 unspecified atom stereocenters. The number of nitrogens with zero attached hydrogens (tertiary/aromatic N) is 1. The molecule has 1 saturated heterocycles. The highest BCUT2D eigenvalue weighted by Gasteiger charge is 2.36. The van der Waals surface area contributed by atoms with Crippen molar-refractivity contribution in [3.8, 4) is 0 Å². The summed E-state index contributed by atoms with van der Waals surface area (Å²) in [5.41, 5.74) is 0. The molecule has 1 heterocycles. The predicted molar refractivity (Wildman–Crippen MR) is 95.5 cm³/mol. The Labute approximate surface area is 162 Å². The normalized spacial score (nSPS) is 18.1. The lowest BCUT2D eigenvalue weighted by molar-refractivity contribution is -0.140. The van der Waals surface area contributed by atoms with Crippen molar-refractivity contribution in [1.29, 1.82) is 0 Å². The van der Waals surface area contributed by atoms with Crippen molar-refractivity contribution < 1.29 is 31.5 Å². The number of amides is 2. The van der Waals surface area contributed by atoms with Crippen LogP contribution in [0.3, 0.4) is 0 Å². The molecule has 1 aliphatic rings. The summed E-state index contributed by atoms with van der Waals surface area (Å²) in [4.78, 5) is 22.8. The second-order valence-electron chi connectivity index (χ2n) is 6.68. The molecule has 2 rings (SSSR count). The first-order valence-corrected chi connectivity index (χ1v) is 10.2. The molecule has 2 amide bonds. The van der Waals surface area contributed by atoms with E-state index < -0.39 is 44.6 Å². The van der Waals surface area contributed by atoms with E-state index in [0.717, 1.165) is 16.4 Å². The summed E-state index contributed by atoms with van der Waals surface area (Å²) in [7, 11) is -4.41. The average Bonchev–Trinajstić information content (AvgIpc) is 2.66. The van der Waals surface area contributed by atoms with Gasteiger partial charge in [0.1, 0.15) is 22.8 Å². The summed E-state index contributed by atoms with van der Waals surface area (Å²) >= 11 is 0. The van der Waals surface area contributed by atoms with Gasteiger partial charge in [-0.15, -0.1) is 0 Å². The first-order chi connectivity index (χ1) is 13.1. The fraction of sp³-hybridized carbons (Fsp3) is 0.529. The van der Waals surface area contributed by atoms with Crippen LogP contribution in [0.25, 0.3) is 0 Å². The van der Waals surface area contributed by atoms with Crippen molar-refractivity contribution in [3.05, 3.63) is 29.8 Å². The predicted octanol–water partition coefficient (Wildman–Crippen LogP) is 0.590. The lowest BCUT2D eigenvalue weighted by atomic mass is 10.2. The largest absolute Gasteiger partial charge is 0.360 e. The maximum atomic E-state index is 14.0. The molecule has 2 N–H and O–H groups in total. The first kappa shape index (κ1) is 22.2. The van der Waals surface area contributed by atoms with Crippen LogP contribution in [0, 0.1) is 17.6 Å². The summed E-state index contributed by atoms with van der Waals surface area (Å²) in [6.45, 7) is 3.94. The van der Waals surface area contributed by atoms with Crippen LogP contribution >= 0.6 is 0 Å². The summed E-state index contributed by atoms with van der Waals surface area (Å²) in [6.07, 6.45) is -0.807. The van der Waals surface area contributed by atoms with Gasteiger partial charge in [-0.05, 0) is 30.5 Å². The van der Waals surface area contributed by atoms with Gasteiger partial charge in [-0.2, -0.15) is 4.31 Å². The van der Waals surface area contributed by atoms with Crippen molar-refractivity contribution in [3.63, 3.8) is 0 Å². The number of rotatable bonds is 6. The lowest BCUT2D eigenvalue weighted by Gasteiger charge is -2.34. The summed E-state index contributed by atoms with van der Waals surface area (Å²) in [5, 5.41) is 4.74. The topological polar surface area (TPSA) is 105 Å². The molecule has 156 valence electrons. The first-order valence-electron chi connectivity index (χ1n) is 8.77. The molecular weight excluding hydrogens is 396 g/mol. The molecule has 1 fully saturated rings. The Bertz CT molecular complexity index is 832. The van der Waals surface area contributed by atoms with Gasteiger partial charge < -0.3 is 15.4 Å². The zero-order chi connectivity index (χ0) is 20.9. The Morgan fingerprint density at radius 3 is 2.61 bits per heavy atom. The second-order valence-corrected chi connectivity index (χ2v) is 8.54. The Hall–Kier alpha value is -2.11. The molecule has 11 heteroatoms. The Balaban J connectivity index is 2.10. The van der Waals surface area contributed by atoms with Crippen molar-refractivity contribution in [2.45, 2.75) is 31.4 Å². The van der Waals surface area contributed by atoms with Crippen LogP contribution in [0.5, 0.6) is 0 Å². The zero-order valence-electron chi connectivity index (χ0n) is 15.6. The van der Waals surface area contributed by atoms with Gasteiger partial charge >= 0.3 is 11.8 Å². The number of hydrogen-bond donors (Lipinski definition) is 2. The average molecular weight is 419 g/mol. The molecule has 1 aliphatic heterocycles. The maximum absolute atomic E-state index is 14.0. The number of carbonyl (C=O) groups is 2. The third kappa shape index (κ3) is 5.46. The molecule has 8 nitrogen and oxygen atoms in total. The molecule has 1 atom stereocenters. The van der Waals surface area contributed by atoms with Gasteiger partial charge in [0, 0.05) is 13.1 Å². The number of halogens is 2. The number of ether oxygens (including phenoxy) is 1. The minimum atomic E-state index is -4.41. The van der Waals surface area contributed by atoms with Crippen LogP contribution in [0.4, 0.5) is 8.78 Å². The van der Waals surface area contributed by atoms with E-state index >= 15 is 0 Å². The monoisotopic (exact) mass is 419 g/mol. The number of sulfonamides is 1. The van der Waals surface area contributed by atoms with Crippen LogP contribution in [0.15, 0.2) is 23.1 Å². The molecule has 1 aromatic rings. The van der Waals surface area contributed by atoms with E-state index in [1.54, 1.807) is 0 Å². The van der Waals surface area contributed by atoms with Gasteiger partial charge in [0.25, 0.3) is 0 Å². The number of hydrogen-bond acceptors (Lipinski definition) is 5. The van der Waals surface area contributed by atoms with Crippen LogP contribution in [0.2, 0.25) is 0 Å².